The van der Waals surface area contributed by atoms with Crippen LogP contribution in [0.2, 0.25) is 0 Å². The monoisotopic (exact) mass is 674 g/mol. The summed E-state index contributed by atoms with van der Waals surface area (Å²) in [6.07, 6.45) is 0. The van der Waals surface area contributed by atoms with Gasteiger partial charge in [0.15, 0.2) is 0 Å². The predicted molar refractivity (Wildman–Crippen MR) is 145 cm³/mol. The van der Waals surface area contributed by atoms with Gasteiger partial charge in [0.2, 0.25) is 0 Å². The van der Waals surface area contributed by atoms with Gasteiger partial charge in [-0.15, -0.1) is 0 Å². The molecule has 0 unspecified atom stereocenters. The maximum absolute atomic E-state index is 14.2. The average Bonchev–Trinajstić information content (AvgIpc) is 2.94. The summed E-state index contributed by atoms with van der Waals surface area (Å²) < 4.78 is 38.8. The van der Waals surface area contributed by atoms with Crippen molar-refractivity contribution < 1.29 is 10.7 Å². The summed E-state index contributed by atoms with van der Waals surface area (Å²) in [5, 5.41) is 0. The Morgan fingerprint density at radius 2 is 0.657 bits per heavy atom. The molecular formula is C30H25BiO3S. The number of rotatable bonds is 7. The maximum atomic E-state index is 14.2. The molecule has 0 heterocycles. The molecule has 0 radical (unpaired) electrons. The van der Waals surface area contributed by atoms with Crippen LogP contribution < -0.4 is 13.1 Å². The zero-order chi connectivity index (χ0) is 24.2. The predicted octanol–water partition coefficient (Wildman–Crippen LogP) is 3.92. The van der Waals surface area contributed by atoms with Crippen LogP contribution in [0.3, 0.4) is 0 Å². The van der Waals surface area contributed by atoms with E-state index >= 15 is 0 Å². The summed E-state index contributed by atoms with van der Waals surface area (Å²) in [7, 11) is -4.17. The molecule has 0 fully saturated rings. The van der Waals surface area contributed by atoms with E-state index in [1.54, 1.807) is 30.3 Å². The normalized spacial score (nSPS) is 13.0. The SMILES string of the molecule is O=S(=O)([O][Bi]([c]1ccccc1)([c]1ccccc1)([c]1ccccc1)[c]1ccccc1)c1ccccc1. The van der Waals surface area contributed by atoms with Crippen molar-refractivity contribution in [2.45, 2.75) is 4.90 Å². The van der Waals surface area contributed by atoms with Crippen LogP contribution in [0.5, 0.6) is 0 Å². The Morgan fingerprint density at radius 3 is 0.943 bits per heavy atom. The quantitative estimate of drug-likeness (QED) is 0.246. The molecule has 0 saturated carbocycles. The van der Waals surface area contributed by atoms with Gasteiger partial charge in [0, 0.05) is 0 Å². The molecule has 3 nitrogen and oxygen atoms in total. The Bertz CT molecular complexity index is 1340. The molecule has 5 aromatic carbocycles. The third-order valence-electron chi connectivity index (χ3n) is 6.27. The second-order valence-corrected chi connectivity index (χ2v) is 27.6. The Labute approximate surface area is 208 Å². The van der Waals surface area contributed by atoms with Crippen LogP contribution in [0.1, 0.15) is 0 Å². The van der Waals surface area contributed by atoms with Gasteiger partial charge in [-0.25, -0.2) is 0 Å². The number of benzene rings is 5. The Kier molecular flexibility index (Phi) is 6.42. The van der Waals surface area contributed by atoms with Crippen molar-refractivity contribution in [2.75, 3.05) is 0 Å². The van der Waals surface area contributed by atoms with Crippen molar-refractivity contribution in [1.29, 1.82) is 0 Å². The van der Waals surface area contributed by atoms with Crippen molar-refractivity contribution in [3.63, 3.8) is 0 Å². The third-order valence-corrected chi connectivity index (χ3v) is 33.3. The fourth-order valence-corrected chi connectivity index (χ4v) is 34.1. The van der Waals surface area contributed by atoms with E-state index in [1.165, 1.54) is 0 Å². The van der Waals surface area contributed by atoms with Crippen LogP contribution in [-0.2, 0) is 12.4 Å². The van der Waals surface area contributed by atoms with Gasteiger partial charge in [-0.3, -0.25) is 0 Å². The van der Waals surface area contributed by atoms with Gasteiger partial charge < -0.3 is 0 Å². The summed E-state index contributed by atoms with van der Waals surface area (Å²) in [5.74, 6) is 0. The minimum atomic E-state index is -5.71. The molecule has 5 aromatic rings. The van der Waals surface area contributed by atoms with Gasteiger partial charge >= 0.3 is 210 Å². The van der Waals surface area contributed by atoms with Crippen LogP contribution in [0.25, 0.3) is 0 Å². The molecule has 0 bridgehead atoms. The Balaban J connectivity index is 2.03. The van der Waals surface area contributed by atoms with Crippen molar-refractivity contribution in [3.8, 4) is 0 Å². The molecule has 0 aliphatic carbocycles. The summed E-state index contributed by atoms with van der Waals surface area (Å²) >= 11 is -5.71. The fourth-order valence-electron chi connectivity index (χ4n) is 4.74. The van der Waals surface area contributed by atoms with Gasteiger partial charge in [-0.1, -0.05) is 0 Å². The van der Waals surface area contributed by atoms with Crippen molar-refractivity contribution in [2.24, 2.45) is 0 Å². The first kappa shape index (κ1) is 23.6. The average molecular weight is 675 g/mol. The molecule has 0 aromatic heterocycles. The molecular weight excluding hydrogens is 649 g/mol. The first-order chi connectivity index (χ1) is 17.1. The van der Waals surface area contributed by atoms with E-state index in [0.29, 0.717) is 0 Å². The summed E-state index contributed by atoms with van der Waals surface area (Å²) in [4.78, 5) is 0.139. The second-order valence-electron chi connectivity index (χ2n) is 8.22. The molecule has 174 valence electrons. The first-order valence-electron chi connectivity index (χ1n) is 11.3. The van der Waals surface area contributed by atoms with Gasteiger partial charge in [-0.2, -0.15) is 0 Å². The molecule has 0 saturated heterocycles. The van der Waals surface area contributed by atoms with Crippen LogP contribution in [-0.4, -0.2) is 27.6 Å². The van der Waals surface area contributed by atoms with E-state index < -0.39 is 29.3 Å². The van der Waals surface area contributed by atoms with Crippen LogP contribution in [0.4, 0.5) is 0 Å². The molecule has 5 heteroatoms. The zero-order valence-electron chi connectivity index (χ0n) is 19.0. The summed E-state index contributed by atoms with van der Waals surface area (Å²) in [5.41, 5.74) is 0. The molecule has 0 spiro atoms. The molecule has 0 amide bonds. The minimum absolute atomic E-state index is 0.139. The van der Waals surface area contributed by atoms with Crippen LogP contribution >= 0.6 is 0 Å². The van der Waals surface area contributed by atoms with E-state index in [4.69, 9.17) is 2.26 Å². The molecule has 0 aliphatic heterocycles. The molecule has 0 N–H and O–H groups in total. The van der Waals surface area contributed by atoms with Gasteiger partial charge in [-0.05, 0) is 0 Å². The van der Waals surface area contributed by atoms with Gasteiger partial charge in [0.05, 0.1) is 0 Å². The van der Waals surface area contributed by atoms with E-state index in [0.717, 1.165) is 13.1 Å². The molecule has 35 heavy (non-hydrogen) atoms. The summed E-state index contributed by atoms with van der Waals surface area (Å²) in [6, 6.07) is 48.0. The second kappa shape index (κ2) is 9.50. The number of hydrogen-bond donors (Lipinski definition) is 0. The van der Waals surface area contributed by atoms with Crippen LogP contribution in [0.15, 0.2) is 157 Å². The van der Waals surface area contributed by atoms with Crippen LogP contribution in [0, 0.1) is 0 Å². The standard InChI is InChI=1S/C6H6O3S.4C6H5.Bi/c7-10(8,9)6-4-2-1-3-5-6;4*1-2-4-6-5-3-1;/h1-5H,(H,7,8,9);4*1-5H;/q;;;;;+1/p-1. The van der Waals surface area contributed by atoms with Gasteiger partial charge in [0.1, 0.15) is 0 Å². The fraction of sp³-hybridized carbons (Fsp3) is 0. The number of hydrogen-bond acceptors (Lipinski definition) is 3. The van der Waals surface area contributed by atoms with E-state index in [1.807, 2.05) is 121 Å². The van der Waals surface area contributed by atoms with Crippen molar-refractivity contribution in [3.05, 3.63) is 152 Å². The first-order valence-corrected chi connectivity index (χ1v) is 21.1. The van der Waals surface area contributed by atoms with Crippen molar-refractivity contribution >= 4 is 42.4 Å². The Hall–Kier alpha value is -3.11. The molecule has 5 rings (SSSR count). The third kappa shape index (κ3) is 3.85. The Morgan fingerprint density at radius 1 is 0.400 bits per heavy atom. The van der Waals surface area contributed by atoms with E-state index in [-0.39, 0.29) is 4.90 Å². The van der Waals surface area contributed by atoms with Gasteiger partial charge in [0.25, 0.3) is 0 Å². The van der Waals surface area contributed by atoms with E-state index in [2.05, 4.69) is 0 Å². The van der Waals surface area contributed by atoms with E-state index in [9.17, 15) is 8.42 Å². The topological polar surface area (TPSA) is 43.4 Å². The molecule has 0 aliphatic rings. The van der Waals surface area contributed by atoms with Crippen molar-refractivity contribution in [1.82, 2.24) is 0 Å². The zero-order valence-corrected chi connectivity index (χ0v) is 23.3. The molecule has 0 atom stereocenters. The summed E-state index contributed by atoms with van der Waals surface area (Å²) in [6.45, 7) is 0.